The maximum absolute atomic E-state index is 11.0. The molecule has 2 heteroatoms. The van der Waals surface area contributed by atoms with Gasteiger partial charge < -0.3 is 5.32 Å². The molecule has 2 nitrogen and oxygen atoms in total. The van der Waals surface area contributed by atoms with Gasteiger partial charge in [0.25, 0.3) is 0 Å². The van der Waals surface area contributed by atoms with Crippen LogP contribution in [0.3, 0.4) is 0 Å². The molecule has 0 aliphatic carbocycles. The molecule has 0 unspecified atom stereocenters. The molecular weight excluding hydrogens is 138 g/mol. The first kappa shape index (κ1) is 10.2. The van der Waals surface area contributed by atoms with Crippen LogP contribution in [0.1, 0.15) is 26.2 Å². The normalized spacial score (nSPS) is 8.55. The van der Waals surface area contributed by atoms with E-state index in [0.29, 0.717) is 25.0 Å². The van der Waals surface area contributed by atoms with Crippen LogP contribution in [0.25, 0.3) is 0 Å². The SMILES string of the molecule is CC#CCCC(=O)CCNC. The van der Waals surface area contributed by atoms with Gasteiger partial charge in [-0.25, -0.2) is 0 Å². The molecule has 0 aromatic heterocycles. The molecule has 0 saturated carbocycles. The molecule has 0 spiro atoms. The Morgan fingerprint density at radius 3 is 2.73 bits per heavy atom. The van der Waals surface area contributed by atoms with Crippen molar-refractivity contribution in [1.82, 2.24) is 5.32 Å². The molecule has 0 aromatic rings. The van der Waals surface area contributed by atoms with E-state index in [9.17, 15) is 4.79 Å². The molecule has 0 rings (SSSR count). The van der Waals surface area contributed by atoms with Crippen molar-refractivity contribution in [2.45, 2.75) is 26.2 Å². The van der Waals surface area contributed by atoms with Crippen molar-refractivity contribution in [3.8, 4) is 11.8 Å². The minimum absolute atomic E-state index is 0.294. The summed E-state index contributed by atoms with van der Waals surface area (Å²) in [5.41, 5.74) is 0. The Bertz CT molecular complexity index is 164. The number of nitrogens with one attached hydrogen (secondary N) is 1. The van der Waals surface area contributed by atoms with Crippen LogP contribution in [0.4, 0.5) is 0 Å². The number of ketones is 1. The Hall–Kier alpha value is -0.810. The zero-order chi connectivity index (χ0) is 8.53. The van der Waals surface area contributed by atoms with Crippen molar-refractivity contribution in [2.75, 3.05) is 13.6 Å². The molecule has 1 N–H and O–H groups in total. The van der Waals surface area contributed by atoms with Gasteiger partial charge in [0.2, 0.25) is 0 Å². The number of hydrogen-bond acceptors (Lipinski definition) is 2. The predicted molar refractivity (Wildman–Crippen MR) is 46.2 cm³/mol. The van der Waals surface area contributed by atoms with Gasteiger partial charge in [-0.3, -0.25) is 4.79 Å². The second kappa shape index (κ2) is 7.30. The lowest BCUT2D eigenvalue weighted by Crippen LogP contribution is -2.12. The lowest BCUT2D eigenvalue weighted by Gasteiger charge is -1.95. The molecule has 0 fully saturated rings. The highest BCUT2D eigenvalue weighted by Crippen LogP contribution is 1.92. The molecule has 11 heavy (non-hydrogen) atoms. The number of rotatable bonds is 5. The van der Waals surface area contributed by atoms with Crippen LogP contribution in [0, 0.1) is 11.8 Å². The molecule has 0 heterocycles. The fraction of sp³-hybridized carbons (Fsp3) is 0.667. The van der Waals surface area contributed by atoms with E-state index >= 15 is 0 Å². The minimum atomic E-state index is 0.294. The quantitative estimate of drug-likeness (QED) is 0.596. The van der Waals surface area contributed by atoms with E-state index in [1.807, 2.05) is 7.05 Å². The van der Waals surface area contributed by atoms with Gasteiger partial charge in [0, 0.05) is 25.8 Å². The smallest absolute Gasteiger partial charge is 0.135 e. The Labute approximate surface area is 68.4 Å². The average Bonchev–Trinajstić information content (AvgIpc) is 2.01. The van der Waals surface area contributed by atoms with Crippen LogP contribution in [0.2, 0.25) is 0 Å². The third-order valence-corrected chi connectivity index (χ3v) is 1.36. The third-order valence-electron chi connectivity index (χ3n) is 1.36. The topological polar surface area (TPSA) is 29.1 Å². The molecule has 62 valence electrons. The largest absolute Gasteiger partial charge is 0.319 e. The molecule has 0 bridgehead atoms. The molecule has 0 aliphatic rings. The minimum Gasteiger partial charge on any atom is -0.319 e. The first-order valence-corrected chi connectivity index (χ1v) is 3.87. The molecule has 0 saturated heterocycles. The summed E-state index contributed by atoms with van der Waals surface area (Å²) in [6.07, 6.45) is 1.93. The molecule has 0 aromatic carbocycles. The van der Waals surface area contributed by atoms with E-state index in [2.05, 4.69) is 17.2 Å². The Kier molecular flexibility index (Phi) is 6.76. The monoisotopic (exact) mass is 153 g/mol. The van der Waals surface area contributed by atoms with Crippen molar-refractivity contribution in [3.05, 3.63) is 0 Å². The summed E-state index contributed by atoms with van der Waals surface area (Å²) in [6.45, 7) is 2.57. The highest BCUT2D eigenvalue weighted by molar-refractivity contribution is 5.78. The number of carbonyl (C=O) groups excluding carboxylic acids is 1. The first-order valence-electron chi connectivity index (χ1n) is 3.87. The van der Waals surface area contributed by atoms with Gasteiger partial charge in [0.05, 0.1) is 0 Å². The molecule has 0 aliphatic heterocycles. The van der Waals surface area contributed by atoms with Gasteiger partial charge in [-0.2, -0.15) is 0 Å². The van der Waals surface area contributed by atoms with Crippen LogP contribution >= 0.6 is 0 Å². The van der Waals surface area contributed by atoms with Crippen molar-refractivity contribution >= 4 is 5.78 Å². The van der Waals surface area contributed by atoms with E-state index in [0.717, 1.165) is 6.54 Å². The van der Waals surface area contributed by atoms with Crippen molar-refractivity contribution in [1.29, 1.82) is 0 Å². The fourth-order valence-corrected chi connectivity index (χ4v) is 0.716. The number of hydrogen-bond donors (Lipinski definition) is 1. The maximum Gasteiger partial charge on any atom is 0.135 e. The average molecular weight is 153 g/mol. The van der Waals surface area contributed by atoms with Crippen LogP contribution in [-0.2, 0) is 4.79 Å². The van der Waals surface area contributed by atoms with E-state index in [1.54, 1.807) is 6.92 Å². The van der Waals surface area contributed by atoms with Crippen LogP contribution in [0.5, 0.6) is 0 Å². The van der Waals surface area contributed by atoms with Gasteiger partial charge in [0.15, 0.2) is 0 Å². The Balaban J connectivity index is 3.27. The van der Waals surface area contributed by atoms with E-state index in [4.69, 9.17) is 0 Å². The highest BCUT2D eigenvalue weighted by atomic mass is 16.1. The summed E-state index contributed by atoms with van der Waals surface area (Å²) in [4.78, 5) is 11.0. The van der Waals surface area contributed by atoms with E-state index < -0.39 is 0 Å². The molecule has 0 atom stereocenters. The zero-order valence-corrected chi connectivity index (χ0v) is 7.24. The van der Waals surface area contributed by atoms with Gasteiger partial charge >= 0.3 is 0 Å². The number of carbonyl (C=O) groups is 1. The second-order valence-electron chi connectivity index (χ2n) is 2.32. The highest BCUT2D eigenvalue weighted by Gasteiger charge is 1.97. The standard InChI is InChI=1S/C9H15NO/c1-3-4-5-6-9(11)7-8-10-2/h10H,5-8H2,1-2H3. The maximum atomic E-state index is 11.0. The lowest BCUT2D eigenvalue weighted by molar-refractivity contribution is -0.118. The first-order chi connectivity index (χ1) is 5.31. The Morgan fingerprint density at radius 1 is 1.45 bits per heavy atom. The zero-order valence-electron chi connectivity index (χ0n) is 7.24. The summed E-state index contributed by atoms with van der Waals surface area (Å²) in [6, 6.07) is 0. The fourth-order valence-electron chi connectivity index (χ4n) is 0.716. The summed E-state index contributed by atoms with van der Waals surface area (Å²) < 4.78 is 0. The van der Waals surface area contributed by atoms with E-state index in [1.165, 1.54) is 0 Å². The summed E-state index contributed by atoms with van der Waals surface area (Å²) >= 11 is 0. The lowest BCUT2D eigenvalue weighted by atomic mass is 10.2. The van der Waals surface area contributed by atoms with E-state index in [-0.39, 0.29) is 0 Å². The molecular formula is C9H15NO. The van der Waals surface area contributed by atoms with Gasteiger partial charge in [-0.1, -0.05) is 0 Å². The molecule has 0 radical (unpaired) electrons. The van der Waals surface area contributed by atoms with Gasteiger partial charge in [-0.15, -0.1) is 11.8 Å². The summed E-state index contributed by atoms with van der Waals surface area (Å²) in [7, 11) is 1.85. The van der Waals surface area contributed by atoms with Gasteiger partial charge in [-0.05, 0) is 14.0 Å². The van der Waals surface area contributed by atoms with Gasteiger partial charge in [0.1, 0.15) is 5.78 Å². The number of Topliss-reactive ketones (excluding diaryl/α,β-unsaturated/α-hetero) is 1. The second-order valence-corrected chi connectivity index (χ2v) is 2.32. The van der Waals surface area contributed by atoms with Crippen LogP contribution in [-0.4, -0.2) is 19.4 Å². The predicted octanol–water partition coefficient (Wildman–Crippen LogP) is 0.968. The third kappa shape index (κ3) is 7.08. The van der Waals surface area contributed by atoms with Crippen molar-refractivity contribution < 1.29 is 4.79 Å². The van der Waals surface area contributed by atoms with Crippen molar-refractivity contribution in [2.24, 2.45) is 0 Å². The summed E-state index contributed by atoms with van der Waals surface area (Å²) in [5.74, 6) is 5.92. The Morgan fingerprint density at radius 2 is 2.18 bits per heavy atom. The summed E-state index contributed by atoms with van der Waals surface area (Å²) in [5, 5.41) is 2.93. The van der Waals surface area contributed by atoms with Crippen molar-refractivity contribution in [3.63, 3.8) is 0 Å². The van der Waals surface area contributed by atoms with Crippen LogP contribution in [0.15, 0.2) is 0 Å². The molecule has 0 amide bonds. The van der Waals surface area contributed by atoms with Crippen LogP contribution < -0.4 is 5.32 Å².